The van der Waals surface area contributed by atoms with Gasteiger partial charge in [-0.05, 0) is 24.6 Å². The van der Waals surface area contributed by atoms with Gasteiger partial charge in [0.05, 0.1) is 5.92 Å². The van der Waals surface area contributed by atoms with Gasteiger partial charge in [-0.2, -0.15) is 31.7 Å². The van der Waals surface area contributed by atoms with Crippen LogP contribution >= 0.6 is 0 Å². The van der Waals surface area contributed by atoms with Crippen LogP contribution in [0.25, 0.3) is 0 Å². The molecular formula is C12H11F3N4O4S. The van der Waals surface area contributed by atoms with Crippen molar-refractivity contribution in [2.75, 3.05) is 5.32 Å². The summed E-state index contributed by atoms with van der Waals surface area (Å²) in [4.78, 5) is 15.7. The third kappa shape index (κ3) is 4.01. The zero-order valence-corrected chi connectivity index (χ0v) is 12.9. The lowest BCUT2D eigenvalue weighted by atomic mass is 10.0. The second-order valence-corrected chi connectivity index (χ2v) is 6.14. The average molecular weight is 364 g/mol. The molecule has 0 fully saturated rings. The Morgan fingerprint density at radius 1 is 1.29 bits per heavy atom. The Bertz CT molecular complexity index is 804. The fraction of sp³-hybridized carbons (Fsp3) is 0.250. The number of amides is 1. The summed E-state index contributed by atoms with van der Waals surface area (Å²) in [6, 6.07) is 4.62. The molecule has 1 heterocycles. The molecule has 1 amide bonds. The lowest BCUT2D eigenvalue weighted by molar-refractivity contribution is -0.117. The van der Waals surface area contributed by atoms with Crippen molar-refractivity contribution in [2.24, 2.45) is 0 Å². The van der Waals surface area contributed by atoms with Crippen LogP contribution in [0.15, 0.2) is 30.6 Å². The highest BCUT2D eigenvalue weighted by Gasteiger charge is 2.48. The largest absolute Gasteiger partial charge is 0.534 e. The van der Waals surface area contributed by atoms with Gasteiger partial charge in [0.1, 0.15) is 12.1 Å². The maximum atomic E-state index is 12.2. The molecule has 2 aromatic rings. The number of carbonyl (C=O) groups is 1. The Morgan fingerprint density at radius 2 is 1.92 bits per heavy atom. The van der Waals surface area contributed by atoms with Gasteiger partial charge in [0.25, 0.3) is 0 Å². The maximum Gasteiger partial charge on any atom is 0.534 e. The molecule has 1 aromatic carbocycles. The van der Waals surface area contributed by atoms with Crippen molar-refractivity contribution >= 4 is 22.0 Å². The molecule has 0 aliphatic heterocycles. The van der Waals surface area contributed by atoms with Crippen molar-refractivity contribution in [1.29, 1.82) is 0 Å². The van der Waals surface area contributed by atoms with E-state index in [0.717, 1.165) is 12.1 Å². The van der Waals surface area contributed by atoms with E-state index in [4.69, 9.17) is 0 Å². The zero-order chi connectivity index (χ0) is 18.0. The van der Waals surface area contributed by atoms with Crippen LogP contribution in [0.3, 0.4) is 0 Å². The Labute approximate surface area is 134 Å². The number of aromatic amines is 1. The third-order valence-electron chi connectivity index (χ3n) is 2.92. The van der Waals surface area contributed by atoms with Gasteiger partial charge < -0.3 is 4.18 Å². The first-order chi connectivity index (χ1) is 11.1. The van der Waals surface area contributed by atoms with E-state index in [1.165, 1.54) is 18.5 Å². The van der Waals surface area contributed by atoms with Crippen LogP contribution in [0.2, 0.25) is 0 Å². The molecule has 1 atom stereocenters. The van der Waals surface area contributed by atoms with Gasteiger partial charge in [-0.3, -0.25) is 10.1 Å². The van der Waals surface area contributed by atoms with Crippen LogP contribution in [0, 0.1) is 0 Å². The number of nitrogens with one attached hydrogen (secondary N) is 2. The summed E-state index contributed by atoms with van der Waals surface area (Å²) in [6.07, 6.45) is 1.20. The lowest BCUT2D eigenvalue weighted by Gasteiger charge is -2.13. The summed E-state index contributed by atoms with van der Waals surface area (Å²) < 4.78 is 62.5. The quantitative estimate of drug-likeness (QED) is 0.617. The average Bonchev–Trinajstić information content (AvgIpc) is 2.98. The standard InChI is InChI=1S/C12H11F3N4O4S/c1-7(10(20)18-11-16-6-17-19-11)8-2-4-9(5-3-8)23-24(21,22)12(13,14)15/h2-7H,1H3,(H2,16,17,18,19,20)/t7-/m1/s1. The minimum absolute atomic E-state index is 0.142. The second-order valence-electron chi connectivity index (χ2n) is 4.60. The number of rotatable bonds is 5. The van der Waals surface area contributed by atoms with Gasteiger partial charge in [0, 0.05) is 0 Å². The van der Waals surface area contributed by atoms with E-state index in [-0.39, 0.29) is 5.95 Å². The fourth-order valence-electron chi connectivity index (χ4n) is 1.63. The van der Waals surface area contributed by atoms with Crippen molar-refractivity contribution in [1.82, 2.24) is 15.2 Å². The van der Waals surface area contributed by atoms with Crippen LogP contribution in [0.5, 0.6) is 5.75 Å². The highest BCUT2D eigenvalue weighted by Crippen LogP contribution is 2.28. The molecule has 2 N–H and O–H groups in total. The molecule has 0 aliphatic carbocycles. The number of aromatic nitrogens is 3. The summed E-state index contributed by atoms with van der Waals surface area (Å²) in [5, 5.41) is 8.44. The van der Waals surface area contributed by atoms with Crippen LogP contribution in [0.4, 0.5) is 19.1 Å². The summed E-state index contributed by atoms with van der Waals surface area (Å²) in [5.41, 5.74) is -5.08. The molecule has 24 heavy (non-hydrogen) atoms. The van der Waals surface area contributed by atoms with E-state index < -0.39 is 33.2 Å². The van der Waals surface area contributed by atoms with E-state index in [2.05, 4.69) is 24.7 Å². The van der Waals surface area contributed by atoms with Gasteiger partial charge in [-0.25, -0.2) is 5.10 Å². The van der Waals surface area contributed by atoms with Crippen molar-refractivity contribution in [3.05, 3.63) is 36.2 Å². The van der Waals surface area contributed by atoms with Gasteiger partial charge in [0.15, 0.2) is 0 Å². The number of H-pyrrole nitrogens is 1. The molecule has 0 saturated heterocycles. The Morgan fingerprint density at radius 3 is 2.42 bits per heavy atom. The molecule has 0 aliphatic rings. The molecule has 2 rings (SSSR count). The Balaban J connectivity index is 2.07. The summed E-state index contributed by atoms with van der Waals surface area (Å²) >= 11 is 0. The van der Waals surface area contributed by atoms with Crippen molar-refractivity contribution in [3.8, 4) is 5.75 Å². The van der Waals surface area contributed by atoms with Crippen molar-refractivity contribution in [2.45, 2.75) is 18.3 Å². The van der Waals surface area contributed by atoms with Crippen LogP contribution in [-0.2, 0) is 14.9 Å². The van der Waals surface area contributed by atoms with Gasteiger partial charge >= 0.3 is 15.6 Å². The number of benzene rings is 1. The van der Waals surface area contributed by atoms with E-state index >= 15 is 0 Å². The highest BCUT2D eigenvalue weighted by molar-refractivity contribution is 7.88. The summed E-state index contributed by atoms with van der Waals surface area (Å²) in [7, 11) is -5.73. The first-order valence-electron chi connectivity index (χ1n) is 6.37. The zero-order valence-electron chi connectivity index (χ0n) is 12.0. The van der Waals surface area contributed by atoms with Crippen LogP contribution < -0.4 is 9.50 Å². The van der Waals surface area contributed by atoms with Gasteiger partial charge in [-0.1, -0.05) is 12.1 Å². The molecule has 1 aromatic heterocycles. The first-order valence-corrected chi connectivity index (χ1v) is 7.78. The second kappa shape index (κ2) is 6.47. The number of carbonyl (C=O) groups excluding carboxylic acids is 1. The predicted molar refractivity (Wildman–Crippen MR) is 75.5 cm³/mol. The summed E-state index contributed by atoms with van der Waals surface area (Å²) in [6.45, 7) is 1.55. The number of halogens is 3. The SMILES string of the molecule is C[C@@H](C(=O)Nc1ncn[nH]1)c1ccc(OS(=O)(=O)C(F)(F)F)cc1. The Hall–Kier alpha value is -2.63. The minimum atomic E-state index is -5.73. The molecule has 0 radical (unpaired) electrons. The first kappa shape index (κ1) is 17.7. The molecule has 12 heteroatoms. The van der Waals surface area contributed by atoms with E-state index in [0.29, 0.717) is 5.56 Å². The molecule has 0 bridgehead atoms. The number of anilines is 1. The monoisotopic (exact) mass is 364 g/mol. The van der Waals surface area contributed by atoms with E-state index in [1.54, 1.807) is 6.92 Å². The Kier molecular flexibility index (Phi) is 4.78. The highest BCUT2D eigenvalue weighted by atomic mass is 32.2. The number of hydrogen-bond acceptors (Lipinski definition) is 6. The number of alkyl halides is 3. The predicted octanol–water partition coefficient (Wildman–Crippen LogP) is 1.78. The number of hydrogen-bond donors (Lipinski definition) is 2. The van der Waals surface area contributed by atoms with Crippen molar-refractivity contribution < 1.29 is 30.6 Å². The van der Waals surface area contributed by atoms with Gasteiger partial charge in [-0.15, -0.1) is 0 Å². The third-order valence-corrected chi connectivity index (χ3v) is 3.90. The normalized spacial score (nSPS) is 13.3. The molecule has 0 unspecified atom stereocenters. The van der Waals surface area contributed by atoms with Crippen LogP contribution in [-0.4, -0.2) is 35.0 Å². The fourth-order valence-corrected chi connectivity index (χ4v) is 2.09. The van der Waals surface area contributed by atoms with E-state index in [9.17, 15) is 26.4 Å². The van der Waals surface area contributed by atoms with Crippen LogP contribution in [0.1, 0.15) is 18.4 Å². The van der Waals surface area contributed by atoms with Gasteiger partial charge in [0.2, 0.25) is 11.9 Å². The smallest absolute Gasteiger partial charge is 0.376 e. The number of nitrogens with zero attached hydrogens (tertiary/aromatic N) is 2. The molecule has 0 spiro atoms. The molecule has 130 valence electrons. The maximum absolute atomic E-state index is 12.2. The van der Waals surface area contributed by atoms with Crippen molar-refractivity contribution in [3.63, 3.8) is 0 Å². The lowest BCUT2D eigenvalue weighted by Crippen LogP contribution is -2.28. The molecule has 8 nitrogen and oxygen atoms in total. The molecular weight excluding hydrogens is 353 g/mol. The topological polar surface area (TPSA) is 114 Å². The van der Waals surface area contributed by atoms with E-state index in [1.807, 2.05) is 0 Å². The minimum Gasteiger partial charge on any atom is -0.376 e. The molecule has 0 saturated carbocycles. The summed E-state index contributed by atoms with van der Waals surface area (Å²) in [5.74, 6) is -1.49.